The first-order valence-electron chi connectivity index (χ1n) is 4.69. The Morgan fingerprint density at radius 3 is 2.43 bits per heavy atom. The fraction of sp³-hybridized carbons (Fsp3) is 0.889. The summed E-state index contributed by atoms with van der Waals surface area (Å²) in [6, 6.07) is 0. The van der Waals surface area contributed by atoms with Crippen LogP contribution >= 0.6 is 0 Å². The number of carbonyl (C=O) groups is 1. The number of halogens is 3. The van der Waals surface area contributed by atoms with E-state index in [1.165, 1.54) is 0 Å². The zero-order valence-corrected chi connectivity index (χ0v) is 8.08. The highest BCUT2D eigenvalue weighted by Crippen LogP contribution is 2.44. The molecule has 0 unspecified atom stereocenters. The van der Waals surface area contributed by atoms with Crippen LogP contribution in [0.5, 0.6) is 0 Å². The van der Waals surface area contributed by atoms with Gasteiger partial charge >= 0.3 is 6.18 Å². The van der Waals surface area contributed by atoms with Crippen LogP contribution in [0.4, 0.5) is 13.2 Å². The largest absolute Gasteiger partial charge is 0.389 e. The number of nitrogens with one attached hydrogen (secondary N) is 1. The summed E-state index contributed by atoms with van der Waals surface area (Å²) >= 11 is 0. The van der Waals surface area contributed by atoms with E-state index in [1.807, 2.05) is 6.92 Å². The number of amides is 1. The molecule has 1 aliphatic carbocycles. The van der Waals surface area contributed by atoms with E-state index in [1.54, 1.807) is 0 Å². The first-order valence-corrected chi connectivity index (χ1v) is 4.69. The monoisotopic (exact) mass is 209 g/mol. The van der Waals surface area contributed by atoms with Crippen LogP contribution in [0, 0.1) is 5.41 Å². The number of hydrogen-bond acceptors (Lipinski definition) is 1. The molecule has 14 heavy (non-hydrogen) atoms. The summed E-state index contributed by atoms with van der Waals surface area (Å²) < 4.78 is 35.1. The lowest BCUT2D eigenvalue weighted by Crippen LogP contribution is -2.31. The minimum atomic E-state index is -4.12. The topological polar surface area (TPSA) is 29.1 Å². The minimum Gasteiger partial charge on any atom is -0.356 e. The summed E-state index contributed by atoms with van der Waals surface area (Å²) in [5.74, 6) is -0.111. The van der Waals surface area contributed by atoms with Crippen molar-refractivity contribution in [3.63, 3.8) is 0 Å². The second-order valence-electron chi connectivity index (χ2n) is 4.04. The fourth-order valence-corrected chi connectivity index (χ4v) is 1.12. The molecule has 0 atom stereocenters. The molecular formula is C9H14F3NO. The highest BCUT2D eigenvalue weighted by atomic mass is 19.4. The lowest BCUT2D eigenvalue weighted by atomic mass is 10.1. The van der Waals surface area contributed by atoms with E-state index in [9.17, 15) is 18.0 Å². The Morgan fingerprint density at radius 2 is 2.00 bits per heavy atom. The molecule has 1 saturated carbocycles. The van der Waals surface area contributed by atoms with Crippen molar-refractivity contribution < 1.29 is 18.0 Å². The first kappa shape index (κ1) is 11.3. The minimum absolute atomic E-state index is 0.0364. The number of hydrogen-bond donors (Lipinski definition) is 1. The van der Waals surface area contributed by atoms with Gasteiger partial charge < -0.3 is 5.32 Å². The summed E-state index contributed by atoms with van der Waals surface area (Å²) in [6.07, 6.45) is -3.29. The number of carbonyl (C=O) groups excluding carboxylic acids is 1. The van der Waals surface area contributed by atoms with E-state index in [4.69, 9.17) is 0 Å². The average molecular weight is 209 g/mol. The third-order valence-electron chi connectivity index (χ3n) is 2.47. The van der Waals surface area contributed by atoms with Crippen molar-refractivity contribution in [1.82, 2.24) is 5.32 Å². The van der Waals surface area contributed by atoms with Gasteiger partial charge in [0.05, 0.1) is 0 Å². The van der Waals surface area contributed by atoms with E-state index in [-0.39, 0.29) is 24.3 Å². The van der Waals surface area contributed by atoms with Crippen LogP contribution in [0.15, 0.2) is 0 Å². The Bertz CT molecular complexity index is 221. The Morgan fingerprint density at radius 1 is 1.43 bits per heavy atom. The Kier molecular flexibility index (Phi) is 3.07. The second-order valence-corrected chi connectivity index (χ2v) is 4.04. The molecule has 1 N–H and O–H groups in total. The van der Waals surface area contributed by atoms with Gasteiger partial charge in [0.25, 0.3) is 0 Å². The maximum absolute atomic E-state index is 11.7. The van der Waals surface area contributed by atoms with Gasteiger partial charge in [-0.25, -0.2) is 0 Å². The van der Waals surface area contributed by atoms with Crippen molar-refractivity contribution in [2.75, 3.05) is 6.54 Å². The van der Waals surface area contributed by atoms with Gasteiger partial charge in [0.2, 0.25) is 5.91 Å². The molecule has 1 fully saturated rings. The summed E-state index contributed by atoms with van der Waals surface area (Å²) in [4.78, 5) is 11.3. The maximum Gasteiger partial charge on any atom is 0.389 e. The summed E-state index contributed by atoms with van der Waals surface area (Å²) in [5, 5.41) is 2.52. The standard InChI is InChI=1S/C9H14F3NO/c1-8(4-5-8)7(14)13-6-2-3-9(10,11)12/h2-6H2,1H3,(H,13,14). The van der Waals surface area contributed by atoms with E-state index in [2.05, 4.69) is 5.32 Å². The average Bonchev–Trinajstić information content (AvgIpc) is 2.76. The zero-order chi connectivity index (χ0) is 10.8. The van der Waals surface area contributed by atoms with Gasteiger partial charge in [-0.05, 0) is 19.3 Å². The molecule has 82 valence electrons. The normalized spacial score (nSPS) is 19.1. The lowest BCUT2D eigenvalue weighted by molar-refractivity contribution is -0.136. The van der Waals surface area contributed by atoms with Crippen LogP contribution in [-0.2, 0) is 4.79 Å². The van der Waals surface area contributed by atoms with Crippen molar-refractivity contribution in [3.8, 4) is 0 Å². The lowest BCUT2D eigenvalue weighted by Gasteiger charge is -2.10. The Hall–Kier alpha value is -0.740. The van der Waals surface area contributed by atoms with Gasteiger partial charge in [-0.15, -0.1) is 0 Å². The first-order chi connectivity index (χ1) is 6.33. The predicted octanol–water partition coefficient (Wildman–Crippen LogP) is 2.25. The van der Waals surface area contributed by atoms with Gasteiger partial charge in [-0.3, -0.25) is 4.79 Å². The molecule has 2 nitrogen and oxygen atoms in total. The van der Waals surface area contributed by atoms with Gasteiger partial charge in [-0.2, -0.15) is 13.2 Å². The van der Waals surface area contributed by atoms with Crippen molar-refractivity contribution in [3.05, 3.63) is 0 Å². The van der Waals surface area contributed by atoms with Crippen LogP contribution in [0.25, 0.3) is 0 Å². The molecule has 0 bridgehead atoms. The third-order valence-corrected chi connectivity index (χ3v) is 2.47. The van der Waals surface area contributed by atoms with Crippen molar-refractivity contribution in [2.24, 2.45) is 5.41 Å². The number of alkyl halides is 3. The molecule has 0 aromatic carbocycles. The van der Waals surface area contributed by atoms with Crippen LogP contribution < -0.4 is 5.32 Å². The molecule has 0 heterocycles. The fourth-order valence-electron chi connectivity index (χ4n) is 1.12. The molecule has 0 aromatic rings. The van der Waals surface area contributed by atoms with Gasteiger partial charge in [0, 0.05) is 18.4 Å². The molecular weight excluding hydrogens is 195 g/mol. The van der Waals surface area contributed by atoms with E-state index >= 15 is 0 Å². The van der Waals surface area contributed by atoms with Crippen LogP contribution in [-0.4, -0.2) is 18.6 Å². The Balaban J connectivity index is 2.07. The molecule has 0 spiro atoms. The SMILES string of the molecule is CC1(C(=O)NCCCC(F)(F)F)CC1. The number of rotatable bonds is 4. The maximum atomic E-state index is 11.7. The van der Waals surface area contributed by atoms with Crippen LogP contribution in [0.3, 0.4) is 0 Å². The second kappa shape index (κ2) is 3.79. The smallest absolute Gasteiger partial charge is 0.356 e. The molecule has 0 aromatic heterocycles. The molecule has 1 amide bonds. The molecule has 0 saturated heterocycles. The zero-order valence-electron chi connectivity index (χ0n) is 8.08. The molecule has 0 radical (unpaired) electrons. The van der Waals surface area contributed by atoms with Crippen LogP contribution in [0.2, 0.25) is 0 Å². The predicted molar refractivity (Wildman–Crippen MR) is 45.6 cm³/mol. The highest BCUT2D eigenvalue weighted by molar-refractivity contribution is 5.84. The quantitative estimate of drug-likeness (QED) is 0.707. The Labute approximate surface area is 80.9 Å². The van der Waals surface area contributed by atoms with E-state index in [0.29, 0.717) is 0 Å². The van der Waals surface area contributed by atoms with Gasteiger partial charge in [0.15, 0.2) is 0 Å². The van der Waals surface area contributed by atoms with Crippen LogP contribution in [0.1, 0.15) is 32.6 Å². The summed E-state index contributed by atoms with van der Waals surface area (Å²) in [5.41, 5.74) is -0.293. The van der Waals surface area contributed by atoms with Crippen molar-refractivity contribution in [2.45, 2.75) is 38.8 Å². The summed E-state index contributed by atoms with van der Waals surface area (Å²) in [7, 11) is 0. The summed E-state index contributed by atoms with van der Waals surface area (Å²) in [6.45, 7) is 1.94. The molecule has 1 aliphatic rings. The third kappa shape index (κ3) is 3.55. The van der Waals surface area contributed by atoms with Gasteiger partial charge in [-0.1, -0.05) is 6.92 Å². The molecule has 5 heteroatoms. The molecule has 0 aliphatic heterocycles. The molecule has 1 rings (SSSR count). The van der Waals surface area contributed by atoms with Crippen molar-refractivity contribution >= 4 is 5.91 Å². The van der Waals surface area contributed by atoms with E-state index in [0.717, 1.165) is 12.8 Å². The van der Waals surface area contributed by atoms with Crippen molar-refractivity contribution in [1.29, 1.82) is 0 Å². The van der Waals surface area contributed by atoms with Gasteiger partial charge in [0.1, 0.15) is 0 Å². The highest BCUT2D eigenvalue weighted by Gasteiger charge is 2.44. The van der Waals surface area contributed by atoms with E-state index < -0.39 is 12.6 Å².